The Hall–Kier alpha value is -0.830. The maximum atomic E-state index is 11.0. The highest BCUT2D eigenvalue weighted by atomic mass is 16.5. The molecule has 0 bridgehead atoms. The molecule has 22 heavy (non-hydrogen) atoms. The van der Waals surface area contributed by atoms with Crippen molar-refractivity contribution in [1.29, 1.82) is 0 Å². The van der Waals surface area contributed by atoms with Crippen LogP contribution in [0, 0.1) is 23.2 Å². The highest BCUT2D eigenvalue weighted by Gasteiger charge is 2.46. The molecule has 0 radical (unpaired) electrons. The molecule has 0 aromatic carbocycles. The Morgan fingerprint density at radius 1 is 1.36 bits per heavy atom. The number of hydrogen-bond acceptors (Lipinski definition) is 3. The van der Waals surface area contributed by atoms with Crippen LogP contribution >= 0.6 is 0 Å². The van der Waals surface area contributed by atoms with Crippen molar-refractivity contribution in [2.24, 2.45) is 23.2 Å². The van der Waals surface area contributed by atoms with E-state index in [1.807, 2.05) is 0 Å². The lowest BCUT2D eigenvalue weighted by Crippen LogP contribution is -2.29. The fraction of sp³-hybridized carbons (Fsp3) is 0.842. The molecular formula is C19H32O3. The van der Waals surface area contributed by atoms with Crippen LogP contribution in [-0.4, -0.2) is 24.3 Å². The molecule has 2 saturated carbocycles. The third-order valence-electron chi connectivity index (χ3n) is 5.72. The molecule has 0 amide bonds. The fourth-order valence-corrected chi connectivity index (χ4v) is 4.52. The first kappa shape index (κ1) is 17.5. The van der Waals surface area contributed by atoms with E-state index in [1.54, 1.807) is 0 Å². The molecule has 126 valence electrons. The quantitative estimate of drug-likeness (QED) is 0.456. The SMILES string of the molecule is COC(=O)CCC/C=C\C[C@@H]1[C@H]2CCC(C)(C)C[C@@H]2C[C@@H]1O. The summed E-state index contributed by atoms with van der Waals surface area (Å²) in [6.07, 6.45) is 12.3. The van der Waals surface area contributed by atoms with Crippen LogP contribution in [0.1, 0.15) is 65.2 Å². The number of allylic oxidation sites excluding steroid dienone is 2. The molecular weight excluding hydrogens is 276 g/mol. The summed E-state index contributed by atoms with van der Waals surface area (Å²) in [5.41, 5.74) is 0.458. The summed E-state index contributed by atoms with van der Waals surface area (Å²) in [5.74, 6) is 1.74. The number of rotatable bonds is 6. The Kier molecular flexibility index (Phi) is 6.08. The summed E-state index contributed by atoms with van der Waals surface area (Å²) in [5, 5.41) is 10.4. The fourth-order valence-electron chi connectivity index (χ4n) is 4.52. The van der Waals surface area contributed by atoms with Crippen molar-refractivity contribution in [2.45, 2.75) is 71.3 Å². The van der Waals surface area contributed by atoms with Gasteiger partial charge in [0.15, 0.2) is 0 Å². The van der Waals surface area contributed by atoms with Gasteiger partial charge in [0.05, 0.1) is 13.2 Å². The van der Waals surface area contributed by atoms with Crippen molar-refractivity contribution >= 4 is 5.97 Å². The number of unbranched alkanes of at least 4 members (excludes halogenated alkanes) is 1. The molecule has 2 aliphatic rings. The number of fused-ring (bicyclic) bond motifs is 1. The van der Waals surface area contributed by atoms with E-state index in [2.05, 4.69) is 30.7 Å². The summed E-state index contributed by atoms with van der Waals surface area (Å²) in [6.45, 7) is 4.73. The maximum absolute atomic E-state index is 11.0. The van der Waals surface area contributed by atoms with Crippen LogP contribution in [-0.2, 0) is 9.53 Å². The monoisotopic (exact) mass is 308 g/mol. The number of carbonyl (C=O) groups is 1. The van der Waals surface area contributed by atoms with Crippen LogP contribution in [0.3, 0.4) is 0 Å². The molecule has 2 rings (SSSR count). The highest BCUT2D eigenvalue weighted by Crippen LogP contribution is 2.52. The Balaban J connectivity index is 1.75. The second-order valence-electron chi connectivity index (χ2n) is 7.97. The second kappa shape index (κ2) is 7.63. The van der Waals surface area contributed by atoms with Crippen molar-refractivity contribution in [1.82, 2.24) is 0 Å². The summed E-state index contributed by atoms with van der Waals surface area (Å²) in [7, 11) is 1.43. The van der Waals surface area contributed by atoms with Crippen LogP contribution < -0.4 is 0 Å². The van der Waals surface area contributed by atoms with Crippen LogP contribution in [0.15, 0.2) is 12.2 Å². The standard InChI is InChI=1S/C19H32O3/c1-19(2)11-10-15-14(13-19)12-17(20)16(15)8-6-4-5-7-9-18(21)22-3/h4,6,14-17,20H,5,7-13H2,1-3H3/b6-4-/t14-,15-,16+,17-/m0/s1. The van der Waals surface area contributed by atoms with E-state index in [-0.39, 0.29) is 12.1 Å². The number of aliphatic hydroxyl groups is 1. The first-order valence-corrected chi connectivity index (χ1v) is 8.83. The van der Waals surface area contributed by atoms with Crippen LogP contribution in [0.25, 0.3) is 0 Å². The van der Waals surface area contributed by atoms with E-state index in [4.69, 9.17) is 0 Å². The summed E-state index contributed by atoms with van der Waals surface area (Å²) in [6, 6.07) is 0. The minimum atomic E-state index is -0.132. The zero-order valence-corrected chi connectivity index (χ0v) is 14.4. The minimum absolute atomic E-state index is 0.122. The molecule has 3 heteroatoms. The zero-order chi connectivity index (χ0) is 16.2. The Morgan fingerprint density at radius 3 is 2.86 bits per heavy atom. The molecule has 2 aliphatic carbocycles. The van der Waals surface area contributed by atoms with Gasteiger partial charge in [-0.05, 0) is 68.1 Å². The van der Waals surface area contributed by atoms with E-state index in [9.17, 15) is 9.90 Å². The molecule has 2 fully saturated rings. The third-order valence-corrected chi connectivity index (χ3v) is 5.72. The Labute approximate surface area is 135 Å². The molecule has 0 unspecified atom stereocenters. The van der Waals surface area contributed by atoms with Crippen molar-refractivity contribution < 1.29 is 14.6 Å². The van der Waals surface area contributed by atoms with E-state index in [0.29, 0.717) is 23.7 Å². The topological polar surface area (TPSA) is 46.5 Å². The number of carbonyl (C=O) groups excluding carboxylic acids is 1. The van der Waals surface area contributed by atoms with E-state index >= 15 is 0 Å². The average molecular weight is 308 g/mol. The van der Waals surface area contributed by atoms with Gasteiger partial charge in [-0.1, -0.05) is 26.0 Å². The summed E-state index contributed by atoms with van der Waals surface area (Å²) in [4.78, 5) is 11.0. The van der Waals surface area contributed by atoms with Crippen molar-refractivity contribution in [3.63, 3.8) is 0 Å². The van der Waals surface area contributed by atoms with Gasteiger partial charge in [0, 0.05) is 6.42 Å². The van der Waals surface area contributed by atoms with Crippen LogP contribution in [0.2, 0.25) is 0 Å². The first-order chi connectivity index (χ1) is 10.4. The van der Waals surface area contributed by atoms with E-state index in [0.717, 1.165) is 31.6 Å². The lowest BCUT2D eigenvalue weighted by atomic mass is 9.66. The van der Waals surface area contributed by atoms with Crippen molar-refractivity contribution in [3.05, 3.63) is 12.2 Å². The van der Waals surface area contributed by atoms with Crippen LogP contribution in [0.5, 0.6) is 0 Å². The molecule has 0 heterocycles. The normalized spacial score (nSPS) is 33.8. The van der Waals surface area contributed by atoms with Gasteiger partial charge < -0.3 is 9.84 Å². The molecule has 1 N–H and O–H groups in total. The van der Waals surface area contributed by atoms with Gasteiger partial charge in [-0.25, -0.2) is 0 Å². The number of hydrogen-bond donors (Lipinski definition) is 1. The molecule has 0 saturated heterocycles. The van der Waals surface area contributed by atoms with Gasteiger partial charge in [-0.15, -0.1) is 0 Å². The number of ether oxygens (including phenoxy) is 1. The molecule has 0 aliphatic heterocycles. The first-order valence-electron chi connectivity index (χ1n) is 8.83. The van der Waals surface area contributed by atoms with Crippen LogP contribution in [0.4, 0.5) is 0 Å². The smallest absolute Gasteiger partial charge is 0.305 e. The predicted molar refractivity (Wildman–Crippen MR) is 88.3 cm³/mol. The number of methoxy groups -OCH3 is 1. The molecule has 0 spiro atoms. The molecule has 4 atom stereocenters. The Bertz CT molecular complexity index is 399. The van der Waals surface area contributed by atoms with Gasteiger partial charge >= 0.3 is 5.97 Å². The second-order valence-corrected chi connectivity index (χ2v) is 7.97. The van der Waals surface area contributed by atoms with Crippen molar-refractivity contribution in [2.75, 3.05) is 7.11 Å². The molecule has 3 nitrogen and oxygen atoms in total. The highest BCUT2D eigenvalue weighted by molar-refractivity contribution is 5.69. The zero-order valence-electron chi connectivity index (χ0n) is 14.4. The Morgan fingerprint density at radius 2 is 2.14 bits per heavy atom. The maximum Gasteiger partial charge on any atom is 0.305 e. The molecule has 0 aromatic rings. The van der Waals surface area contributed by atoms with E-state index in [1.165, 1.54) is 26.4 Å². The van der Waals surface area contributed by atoms with Gasteiger partial charge in [0.1, 0.15) is 0 Å². The summed E-state index contributed by atoms with van der Waals surface area (Å²) >= 11 is 0. The average Bonchev–Trinajstić information content (AvgIpc) is 2.75. The van der Waals surface area contributed by atoms with E-state index < -0.39 is 0 Å². The summed E-state index contributed by atoms with van der Waals surface area (Å²) < 4.78 is 4.63. The van der Waals surface area contributed by atoms with Gasteiger partial charge in [0.25, 0.3) is 0 Å². The van der Waals surface area contributed by atoms with Crippen molar-refractivity contribution in [3.8, 4) is 0 Å². The predicted octanol–water partition coefficient (Wildman–Crippen LogP) is 4.10. The van der Waals surface area contributed by atoms with Gasteiger partial charge in [-0.3, -0.25) is 4.79 Å². The number of aliphatic hydroxyl groups excluding tert-OH is 1. The third kappa shape index (κ3) is 4.58. The number of esters is 1. The van der Waals surface area contributed by atoms with Gasteiger partial charge in [-0.2, -0.15) is 0 Å². The largest absolute Gasteiger partial charge is 0.469 e. The minimum Gasteiger partial charge on any atom is -0.469 e. The lowest BCUT2D eigenvalue weighted by molar-refractivity contribution is -0.140. The lowest BCUT2D eigenvalue weighted by Gasteiger charge is -2.39. The van der Waals surface area contributed by atoms with Gasteiger partial charge in [0.2, 0.25) is 0 Å². The molecule has 0 aromatic heterocycles.